The van der Waals surface area contributed by atoms with Crippen molar-refractivity contribution in [2.75, 3.05) is 20.3 Å². The van der Waals surface area contributed by atoms with Gasteiger partial charge in [0, 0.05) is 13.7 Å². The molecule has 4 nitrogen and oxygen atoms in total. The fraction of sp³-hybridized carbons (Fsp3) is 0.357. The van der Waals surface area contributed by atoms with Crippen LogP contribution < -0.4 is 0 Å². The van der Waals surface area contributed by atoms with E-state index < -0.39 is 6.10 Å². The van der Waals surface area contributed by atoms with Crippen molar-refractivity contribution < 1.29 is 14.6 Å². The molecular formula is C14H17NO3. The van der Waals surface area contributed by atoms with Crippen molar-refractivity contribution in [2.24, 2.45) is 0 Å². The number of rotatable bonds is 5. The molecule has 1 saturated heterocycles. The third-order valence-corrected chi connectivity index (χ3v) is 3.08. The molecule has 0 aliphatic carbocycles. The van der Waals surface area contributed by atoms with Crippen LogP contribution in [0.4, 0.5) is 0 Å². The summed E-state index contributed by atoms with van der Waals surface area (Å²) in [7, 11) is 1.53. The van der Waals surface area contributed by atoms with Gasteiger partial charge in [-0.15, -0.1) is 0 Å². The molecule has 1 heterocycles. The van der Waals surface area contributed by atoms with E-state index in [0.717, 1.165) is 5.56 Å². The van der Waals surface area contributed by atoms with E-state index in [9.17, 15) is 4.79 Å². The first-order chi connectivity index (χ1) is 8.77. The topological polar surface area (TPSA) is 49.8 Å². The molecule has 0 bridgehead atoms. The van der Waals surface area contributed by atoms with E-state index in [1.807, 2.05) is 42.5 Å². The summed E-state index contributed by atoms with van der Waals surface area (Å²) in [4.78, 5) is 13.3. The molecule has 0 unspecified atom stereocenters. The van der Waals surface area contributed by atoms with Gasteiger partial charge in [0.05, 0.1) is 12.6 Å². The largest absolute Gasteiger partial charge is 0.395 e. The molecule has 18 heavy (non-hydrogen) atoms. The first kappa shape index (κ1) is 12.8. The summed E-state index contributed by atoms with van der Waals surface area (Å²) >= 11 is 0. The number of ether oxygens (including phenoxy) is 1. The molecule has 1 aliphatic heterocycles. The second-order valence-electron chi connectivity index (χ2n) is 4.17. The zero-order valence-corrected chi connectivity index (χ0v) is 10.3. The SMILES string of the molecule is CO[C@H]1C(=O)N(CCO)[C@H]1/C=C/c1ccccc1. The maximum atomic E-state index is 11.7. The maximum absolute atomic E-state index is 11.7. The van der Waals surface area contributed by atoms with Gasteiger partial charge in [0.15, 0.2) is 6.10 Å². The number of β-lactam (4-membered cyclic amide) rings is 1. The van der Waals surface area contributed by atoms with Gasteiger partial charge in [-0.25, -0.2) is 0 Å². The standard InChI is InChI=1S/C14H17NO3/c1-18-13-12(15(9-10-16)14(13)17)8-7-11-5-3-2-4-6-11/h2-8,12-13,16H,9-10H2,1H3/b8-7+/t12-,13+/m0/s1. The molecule has 1 N–H and O–H groups in total. The van der Waals surface area contributed by atoms with Crippen LogP contribution in [-0.2, 0) is 9.53 Å². The van der Waals surface area contributed by atoms with Crippen LogP contribution in [0.25, 0.3) is 6.08 Å². The Kier molecular flexibility index (Phi) is 4.12. The summed E-state index contributed by atoms with van der Waals surface area (Å²) in [5, 5.41) is 8.92. The molecule has 2 atom stereocenters. The van der Waals surface area contributed by atoms with Crippen LogP contribution >= 0.6 is 0 Å². The summed E-state index contributed by atoms with van der Waals surface area (Å²) < 4.78 is 5.15. The van der Waals surface area contributed by atoms with Crippen molar-refractivity contribution in [3.8, 4) is 0 Å². The zero-order valence-electron chi connectivity index (χ0n) is 10.3. The van der Waals surface area contributed by atoms with E-state index in [-0.39, 0.29) is 18.6 Å². The number of hydrogen-bond acceptors (Lipinski definition) is 3. The number of methoxy groups -OCH3 is 1. The minimum Gasteiger partial charge on any atom is -0.395 e. The second kappa shape index (κ2) is 5.80. The van der Waals surface area contributed by atoms with Crippen molar-refractivity contribution in [1.82, 2.24) is 4.90 Å². The minimum atomic E-state index is -0.420. The average Bonchev–Trinajstić information content (AvgIpc) is 2.41. The van der Waals surface area contributed by atoms with Gasteiger partial charge in [-0.1, -0.05) is 42.5 Å². The van der Waals surface area contributed by atoms with E-state index in [1.165, 1.54) is 7.11 Å². The number of hydrogen-bond donors (Lipinski definition) is 1. The fourth-order valence-corrected chi connectivity index (χ4v) is 2.12. The smallest absolute Gasteiger partial charge is 0.254 e. The van der Waals surface area contributed by atoms with Crippen LogP contribution in [0.5, 0.6) is 0 Å². The van der Waals surface area contributed by atoms with Gasteiger partial charge in [-0.2, -0.15) is 0 Å². The predicted molar refractivity (Wildman–Crippen MR) is 68.9 cm³/mol. The molecule has 1 aliphatic rings. The predicted octanol–water partition coefficient (Wildman–Crippen LogP) is 0.918. The lowest BCUT2D eigenvalue weighted by molar-refractivity contribution is -0.166. The third kappa shape index (κ3) is 2.44. The Morgan fingerprint density at radius 2 is 2.11 bits per heavy atom. The molecule has 1 aromatic carbocycles. The number of benzene rings is 1. The number of aliphatic hydroxyl groups excluding tert-OH is 1. The normalized spacial score (nSPS) is 23.4. The molecule has 0 aromatic heterocycles. The van der Waals surface area contributed by atoms with Crippen molar-refractivity contribution >= 4 is 12.0 Å². The lowest BCUT2D eigenvalue weighted by Crippen LogP contribution is -2.65. The lowest BCUT2D eigenvalue weighted by atomic mass is 9.96. The number of nitrogens with zero attached hydrogens (tertiary/aromatic N) is 1. The fourth-order valence-electron chi connectivity index (χ4n) is 2.12. The van der Waals surface area contributed by atoms with Crippen molar-refractivity contribution in [3.63, 3.8) is 0 Å². The molecule has 4 heteroatoms. The number of likely N-dealkylation sites (tertiary alicyclic amines) is 1. The highest BCUT2D eigenvalue weighted by molar-refractivity contribution is 5.89. The number of carbonyl (C=O) groups is 1. The van der Waals surface area contributed by atoms with E-state index >= 15 is 0 Å². The second-order valence-corrected chi connectivity index (χ2v) is 4.17. The number of β-amino-alcohol motifs (C(OH)–C–C–N with tert-alkyl or cyclic N) is 1. The van der Waals surface area contributed by atoms with Crippen molar-refractivity contribution in [2.45, 2.75) is 12.1 Å². The maximum Gasteiger partial charge on any atom is 0.254 e. The van der Waals surface area contributed by atoms with Gasteiger partial charge in [0.2, 0.25) is 0 Å². The lowest BCUT2D eigenvalue weighted by Gasteiger charge is -2.44. The Morgan fingerprint density at radius 1 is 1.39 bits per heavy atom. The summed E-state index contributed by atoms with van der Waals surface area (Å²) in [5.41, 5.74) is 1.08. The molecule has 0 radical (unpaired) electrons. The first-order valence-corrected chi connectivity index (χ1v) is 5.95. The molecule has 0 spiro atoms. The van der Waals surface area contributed by atoms with Crippen LogP contribution in [0.15, 0.2) is 36.4 Å². The van der Waals surface area contributed by atoms with E-state index in [2.05, 4.69) is 0 Å². The van der Waals surface area contributed by atoms with Gasteiger partial charge in [-0.3, -0.25) is 4.79 Å². The Labute approximate surface area is 106 Å². The summed E-state index contributed by atoms with van der Waals surface area (Å²) in [5.74, 6) is -0.0609. The summed E-state index contributed by atoms with van der Waals surface area (Å²) in [6.45, 7) is 0.320. The monoisotopic (exact) mass is 247 g/mol. The number of aliphatic hydroxyl groups is 1. The number of amides is 1. The van der Waals surface area contributed by atoms with E-state index in [4.69, 9.17) is 9.84 Å². The zero-order chi connectivity index (χ0) is 13.0. The van der Waals surface area contributed by atoms with Crippen molar-refractivity contribution in [3.05, 3.63) is 42.0 Å². The molecule has 2 rings (SSSR count). The molecule has 0 saturated carbocycles. The van der Waals surface area contributed by atoms with Gasteiger partial charge in [0.1, 0.15) is 0 Å². The first-order valence-electron chi connectivity index (χ1n) is 5.95. The van der Waals surface area contributed by atoms with Crippen LogP contribution in [0.1, 0.15) is 5.56 Å². The Hall–Kier alpha value is -1.65. The highest BCUT2D eigenvalue weighted by Gasteiger charge is 2.45. The van der Waals surface area contributed by atoms with Gasteiger partial charge in [-0.05, 0) is 5.56 Å². The van der Waals surface area contributed by atoms with Gasteiger partial charge >= 0.3 is 0 Å². The highest BCUT2D eigenvalue weighted by Crippen LogP contribution is 2.24. The Balaban J connectivity index is 2.06. The van der Waals surface area contributed by atoms with E-state index in [1.54, 1.807) is 4.90 Å². The molecular weight excluding hydrogens is 230 g/mol. The van der Waals surface area contributed by atoms with Crippen LogP contribution in [0.2, 0.25) is 0 Å². The van der Waals surface area contributed by atoms with Gasteiger partial charge < -0.3 is 14.7 Å². The summed E-state index contributed by atoms with van der Waals surface area (Å²) in [6.07, 6.45) is 3.49. The van der Waals surface area contributed by atoms with Crippen LogP contribution in [0, 0.1) is 0 Å². The van der Waals surface area contributed by atoms with Crippen molar-refractivity contribution in [1.29, 1.82) is 0 Å². The molecule has 1 aromatic rings. The minimum absolute atomic E-state index is 0.0299. The summed E-state index contributed by atoms with van der Waals surface area (Å²) in [6, 6.07) is 9.79. The highest BCUT2D eigenvalue weighted by atomic mass is 16.5. The molecule has 96 valence electrons. The van der Waals surface area contributed by atoms with Gasteiger partial charge in [0.25, 0.3) is 5.91 Å². The van der Waals surface area contributed by atoms with E-state index in [0.29, 0.717) is 6.54 Å². The Morgan fingerprint density at radius 3 is 2.72 bits per heavy atom. The number of carbonyl (C=O) groups excluding carboxylic acids is 1. The van der Waals surface area contributed by atoms with Crippen LogP contribution in [0.3, 0.4) is 0 Å². The third-order valence-electron chi connectivity index (χ3n) is 3.08. The van der Waals surface area contributed by atoms with Crippen LogP contribution in [-0.4, -0.2) is 48.3 Å². The Bertz CT molecular complexity index is 430. The molecule has 1 fully saturated rings. The molecule has 1 amide bonds. The average molecular weight is 247 g/mol. The quantitative estimate of drug-likeness (QED) is 0.787.